The molecule has 3 aromatic rings. The number of rotatable bonds is 5. The molecule has 20 heavy (non-hydrogen) atoms. The summed E-state index contributed by atoms with van der Waals surface area (Å²) in [6.07, 6.45) is 2.18. The monoisotopic (exact) mass is 308 g/mol. The van der Waals surface area contributed by atoms with Gasteiger partial charge in [-0.15, -0.1) is 11.6 Å². The summed E-state index contributed by atoms with van der Waals surface area (Å²) in [5.41, 5.74) is 2.69. The maximum atomic E-state index is 5.87. The predicted molar refractivity (Wildman–Crippen MR) is 79.7 cm³/mol. The van der Waals surface area contributed by atoms with Gasteiger partial charge in [-0.3, -0.25) is 0 Å². The van der Waals surface area contributed by atoms with E-state index in [1.54, 1.807) is 18.4 Å². The van der Waals surface area contributed by atoms with Crippen molar-refractivity contribution < 1.29 is 4.74 Å². The van der Waals surface area contributed by atoms with Crippen molar-refractivity contribution in [3.05, 3.63) is 34.5 Å². The minimum Gasteiger partial charge on any atom is -0.479 e. The maximum absolute atomic E-state index is 5.87. The summed E-state index contributed by atoms with van der Waals surface area (Å²) in [4.78, 5) is 13.0. The number of aromatic nitrogens is 4. The van der Waals surface area contributed by atoms with E-state index in [-0.39, 0.29) is 0 Å². The van der Waals surface area contributed by atoms with Crippen LogP contribution in [0.2, 0.25) is 0 Å². The summed E-state index contributed by atoms with van der Waals surface area (Å²) < 4.78 is 7.32. The van der Waals surface area contributed by atoms with Gasteiger partial charge in [-0.2, -0.15) is 16.3 Å². The van der Waals surface area contributed by atoms with Gasteiger partial charge in [0.25, 0.3) is 0 Å². The average molecular weight is 309 g/mol. The Morgan fingerprint density at radius 3 is 3.00 bits per heavy atom. The number of alkyl halides is 1. The standard InChI is InChI=1S/C13H13ClN4OS/c1-19-13-11-12(15-8-16-13)18(10(17-11)2-4-14)6-9-3-5-20-7-9/h3,5,7-8H,2,4,6H2,1H3. The Hall–Kier alpha value is -1.66. The molecule has 0 aromatic carbocycles. The molecule has 0 unspecified atom stereocenters. The van der Waals surface area contributed by atoms with Crippen LogP contribution in [-0.4, -0.2) is 32.5 Å². The van der Waals surface area contributed by atoms with Gasteiger partial charge >= 0.3 is 0 Å². The fourth-order valence-electron chi connectivity index (χ4n) is 2.12. The molecule has 0 atom stereocenters. The van der Waals surface area contributed by atoms with Gasteiger partial charge in [0, 0.05) is 12.3 Å². The molecule has 0 N–H and O–H groups in total. The van der Waals surface area contributed by atoms with E-state index >= 15 is 0 Å². The van der Waals surface area contributed by atoms with Crippen LogP contribution in [0, 0.1) is 0 Å². The molecule has 0 spiro atoms. The Kier molecular flexibility index (Phi) is 3.84. The number of ether oxygens (including phenoxy) is 1. The number of fused-ring (bicyclic) bond motifs is 1. The summed E-state index contributed by atoms with van der Waals surface area (Å²) >= 11 is 7.55. The highest BCUT2D eigenvalue weighted by molar-refractivity contribution is 7.07. The molecule has 0 aliphatic heterocycles. The maximum Gasteiger partial charge on any atom is 0.245 e. The van der Waals surface area contributed by atoms with E-state index in [2.05, 4.69) is 36.3 Å². The molecule has 0 bridgehead atoms. The molecule has 3 rings (SSSR count). The first-order chi connectivity index (χ1) is 9.83. The van der Waals surface area contributed by atoms with Gasteiger partial charge in [-0.1, -0.05) is 0 Å². The van der Waals surface area contributed by atoms with Crippen LogP contribution >= 0.6 is 22.9 Å². The SMILES string of the molecule is COc1ncnc2c1nc(CCCl)n2Cc1ccsc1. The van der Waals surface area contributed by atoms with E-state index in [1.165, 1.54) is 11.9 Å². The van der Waals surface area contributed by atoms with E-state index in [0.717, 1.165) is 18.0 Å². The Morgan fingerprint density at radius 2 is 2.30 bits per heavy atom. The highest BCUT2D eigenvalue weighted by Crippen LogP contribution is 2.23. The third kappa shape index (κ3) is 2.36. The van der Waals surface area contributed by atoms with Crippen molar-refractivity contribution in [3.8, 4) is 5.88 Å². The zero-order valence-electron chi connectivity index (χ0n) is 10.9. The lowest BCUT2D eigenvalue weighted by atomic mass is 10.3. The van der Waals surface area contributed by atoms with Gasteiger partial charge in [0.1, 0.15) is 12.2 Å². The van der Waals surface area contributed by atoms with Crippen molar-refractivity contribution in [2.24, 2.45) is 0 Å². The Morgan fingerprint density at radius 1 is 1.40 bits per heavy atom. The minimum atomic E-state index is 0.495. The van der Waals surface area contributed by atoms with Gasteiger partial charge in [-0.05, 0) is 22.4 Å². The molecule has 0 aliphatic rings. The van der Waals surface area contributed by atoms with Crippen LogP contribution < -0.4 is 4.74 Å². The number of hydrogen-bond acceptors (Lipinski definition) is 5. The number of halogens is 1. The smallest absolute Gasteiger partial charge is 0.245 e. The van der Waals surface area contributed by atoms with Crippen LogP contribution in [-0.2, 0) is 13.0 Å². The molecular formula is C13H13ClN4OS. The Balaban J connectivity index is 2.13. The summed E-state index contributed by atoms with van der Waals surface area (Å²) in [6, 6.07) is 2.10. The second kappa shape index (κ2) is 5.76. The molecule has 0 fully saturated rings. The predicted octanol–water partition coefficient (Wildman–Crippen LogP) is 2.73. The highest BCUT2D eigenvalue weighted by atomic mass is 35.5. The molecule has 104 valence electrons. The van der Waals surface area contributed by atoms with Crippen molar-refractivity contribution >= 4 is 34.1 Å². The van der Waals surface area contributed by atoms with Crippen LogP contribution in [0.5, 0.6) is 5.88 Å². The average Bonchev–Trinajstić information content (AvgIpc) is 3.08. The number of hydrogen-bond donors (Lipinski definition) is 0. The molecule has 3 aromatic heterocycles. The fraction of sp³-hybridized carbons (Fsp3) is 0.308. The molecule has 7 heteroatoms. The Labute approximate surface area is 125 Å². The second-order valence-corrected chi connectivity index (χ2v) is 5.40. The largest absolute Gasteiger partial charge is 0.479 e. The van der Waals surface area contributed by atoms with E-state index in [1.807, 2.05) is 0 Å². The minimum absolute atomic E-state index is 0.495. The van der Waals surface area contributed by atoms with Crippen LogP contribution in [0.1, 0.15) is 11.4 Å². The Bertz CT molecular complexity index is 711. The van der Waals surface area contributed by atoms with Gasteiger partial charge in [0.15, 0.2) is 11.2 Å². The number of imidazole rings is 1. The summed E-state index contributed by atoms with van der Waals surface area (Å²) in [5, 5.41) is 4.18. The summed E-state index contributed by atoms with van der Waals surface area (Å²) in [7, 11) is 1.58. The van der Waals surface area contributed by atoms with Gasteiger partial charge in [0.2, 0.25) is 5.88 Å². The lowest BCUT2D eigenvalue weighted by Crippen LogP contribution is -2.06. The topological polar surface area (TPSA) is 52.8 Å². The van der Waals surface area contributed by atoms with Crippen molar-refractivity contribution in [1.29, 1.82) is 0 Å². The van der Waals surface area contributed by atoms with E-state index in [9.17, 15) is 0 Å². The third-order valence-corrected chi connectivity index (χ3v) is 3.93. The molecule has 0 saturated heterocycles. The first-order valence-corrected chi connectivity index (χ1v) is 7.62. The lowest BCUT2D eigenvalue weighted by molar-refractivity contribution is 0.401. The van der Waals surface area contributed by atoms with Gasteiger partial charge in [0.05, 0.1) is 13.7 Å². The molecule has 5 nitrogen and oxygen atoms in total. The quantitative estimate of drug-likeness (QED) is 0.680. The fourth-order valence-corrected chi connectivity index (χ4v) is 2.95. The highest BCUT2D eigenvalue weighted by Gasteiger charge is 2.16. The molecule has 0 aliphatic carbocycles. The first-order valence-electron chi connectivity index (χ1n) is 6.14. The van der Waals surface area contributed by atoms with Crippen molar-refractivity contribution in [2.75, 3.05) is 13.0 Å². The third-order valence-electron chi connectivity index (χ3n) is 3.01. The second-order valence-electron chi connectivity index (χ2n) is 4.24. The molecule has 3 heterocycles. The number of methoxy groups -OCH3 is 1. The lowest BCUT2D eigenvalue weighted by Gasteiger charge is -2.06. The van der Waals surface area contributed by atoms with Gasteiger partial charge < -0.3 is 9.30 Å². The zero-order valence-corrected chi connectivity index (χ0v) is 12.5. The van der Waals surface area contributed by atoms with E-state index < -0.39 is 0 Å². The number of nitrogens with zero attached hydrogens (tertiary/aromatic N) is 4. The molecular weight excluding hydrogens is 296 g/mol. The first kappa shape index (κ1) is 13.3. The van der Waals surface area contributed by atoms with Crippen LogP contribution in [0.25, 0.3) is 11.2 Å². The van der Waals surface area contributed by atoms with Crippen molar-refractivity contribution in [2.45, 2.75) is 13.0 Å². The molecule has 0 saturated carbocycles. The number of thiophene rings is 1. The van der Waals surface area contributed by atoms with Crippen molar-refractivity contribution in [1.82, 2.24) is 19.5 Å². The van der Waals surface area contributed by atoms with Crippen molar-refractivity contribution in [3.63, 3.8) is 0 Å². The zero-order chi connectivity index (χ0) is 13.9. The van der Waals surface area contributed by atoms with E-state index in [4.69, 9.17) is 16.3 Å². The summed E-state index contributed by atoms with van der Waals surface area (Å²) in [5.74, 6) is 1.91. The van der Waals surface area contributed by atoms with Gasteiger partial charge in [-0.25, -0.2) is 9.97 Å². The molecule has 0 amide bonds. The van der Waals surface area contributed by atoms with Crippen LogP contribution in [0.3, 0.4) is 0 Å². The number of aryl methyl sites for hydroxylation is 1. The van der Waals surface area contributed by atoms with Crippen LogP contribution in [0.4, 0.5) is 0 Å². The van der Waals surface area contributed by atoms with E-state index in [0.29, 0.717) is 23.7 Å². The molecule has 0 radical (unpaired) electrons. The van der Waals surface area contributed by atoms with Crippen LogP contribution in [0.15, 0.2) is 23.2 Å². The summed E-state index contributed by atoms with van der Waals surface area (Å²) in [6.45, 7) is 0.729. The normalized spacial score (nSPS) is 11.1.